The molecule has 0 fully saturated rings. The molecule has 0 amide bonds. The summed E-state index contributed by atoms with van der Waals surface area (Å²) in [4.78, 5) is 0.275. The predicted molar refractivity (Wildman–Crippen MR) is 90.7 cm³/mol. The molecule has 22 heavy (non-hydrogen) atoms. The molecule has 118 valence electrons. The largest absolute Gasteiger partial charge is 0.240 e. The molecule has 2 aromatic rings. The molecule has 0 saturated carbocycles. The van der Waals surface area contributed by atoms with Crippen LogP contribution in [-0.2, 0) is 23.0 Å². The molecule has 2 rings (SSSR count). The molecule has 0 aromatic heterocycles. The third-order valence-electron chi connectivity index (χ3n) is 3.56. The van der Waals surface area contributed by atoms with Crippen LogP contribution in [0.5, 0.6) is 0 Å². The SMILES string of the molecule is CCCc1ccc(S(=O)(=O)NCc2c(C)cccc2Cl)cc1. The highest BCUT2D eigenvalue weighted by molar-refractivity contribution is 7.89. The summed E-state index contributed by atoms with van der Waals surface area (Å²) in [5.74, 6) is 0. The van der Waals surface area contributed by atoms with Crippen LogP contribution in [0.15, 0.2) is 47.4 Å². The second kappa shape index (κ2) is 7.27. The van der Waals surface area contributed by atoms with E-state index in [9.17, 15) is 8.42 Å². The first-order valence-corrected chi connectivity index (χ1v) is 9.12. The minimum Gasteiger partial charge on any atom is -0.207 e. The summed E-state index contributed by atoms with van der Waals surface area (Å²) in [6.07, 6.45) is 1.99. The molecule has 3 nitrogen and oxygen atoms in total. The molecule has 0 bridgehead atoms. The van der Waals surface area contributed by atoms with E-state index in [1.54, 1.807) is 18.2 Å². The van der Waals surface area contributed by atoms with Gasteiger partial charge in [0.15, 0.2) is 0 Å². The Morgan fingerprint density at radius 2 is 1.77 bits per heavy atom. The van der Waals surface area contributed by atoms with Crippen LogP contribution in [0, 0.1) is 6.92 Å². The lowest BCUT2D eigenvalue weighted by Gasteiger charge is -2.11. The zero-order valence-electron chi connectivity index (χ0n) is 12.8. The minimum absolute atomic E-state index is 0.185. The zero-order valence-corrected chi connectivity index (χ0v) is 14.3. The van der Waals surface area contributed by atoms with Crippen molar-refractivity contribution in [3.05, 3.63) is 64.2 Å². The Kier molecular flexibility index (Phi) is 5.62. The first-order chi connectivity index (χ1) is 10.4. The Bertz CT molecular complexity index is 720. The molecule has 5 heteroatoms. The number of sulfonamides is 1. The molecule has 0 atom stereocenters. The van der Waals surface area contributed by atoms with E-state index >= 15 is 0 Å². The Labute approximate surface area is 137 Å². The van der Waals surface area contributed by atoms with E-state index in [0.29, 0.717) is 5.02 Å². The maximum Gasteiger partial charge on any atom is 0.240 e. The summed E-state index contributed by atoms with van der Waals surface area (Å²) < 4.78 is 27.3. The van der Waals surface area contributed by atoms with Crippen molar-refractivity contribution in [1.82, 2.24) is 4.72 Å². The van der Waals surface area contributed by atoms with Crippen molar-refractivity contribution < 1.29 is 8.42 Å². The van der Waals surface area contributed by atoms with Gasteiger partial charge in [0.1, 0.15) is 0 Å². The van der Waals surface area contributed by atoms with Gasteiger partial charge >= 0.3 is 0 Å². The molecule has 2 aromatic carbocycles. The maximum absolute atomic E-state index is 12.3. The van der Waals surface area contributed by atoms with E-state index in [0.717, 1.165) is 29.5 Å². The van der Waals surface area contributed by atoms with Crippen LogP contribution in [0.1, 0.15) is 30.0 Å². The third kappa shape index (κ3) is 4.09. The van der Waals surface area contributed by atoms with Gasteiger partial charge in [-0.15, -0.1) is 0 Å². The molecule has 0 aliphatic rings. The van der Waals surface area contributed by atoms with Crippen LogP contribution in [-0.4, -0.2) is 8.42 Å². The molecule has 1 N–H and O–H groups in total. The van der Waals surface area contributed by atoms with Crippen molar-refractivity contribution in [3.63, 3.8) is 0 Å². The highest BCUT2D eigenvalue weighted by atomic mass is 35.5. The van der Waals surface area contributed by atoms with E-state index in [2.05, 4.69) is 11.6 Å². The van der Waals surface area contributed by atoms with Crippen molar-refractivity contribution in [1.29, 1.82) is 0 Å². The van der Waals surface area contributed by atoms with Crippen LogP contribution < -0.4 is 4.72 Å². The van der Waals surface area contributed by atoms with Crippen molar-refractivity contribution >= 4 is 21.6 Å². The van der Waals surface area contributed by atoms with Crippen LogP contribution in [0.2, 0.25) is 5.02 Å². The summed E-state index contributed by atoms with van der Waals surface area (Å²) >= 11 is 6.13. The topological polar surface area (TPSA) is 46.2 Å². The number of aryl methyl sites for hydroxylation is 2. The zero-order chi connectivity index (χ0) is 16.2. The Morgan fingerprint density at radius 1 is 1.09 bits per heavy atom. The molecular formula is C17H20ClNO2S. The molecule has 0 aliphatic carbocycles. The van der Waals surface area contributed by atoms with Gasteiger partial charge in [0, 0.05) is 11.6 Å². The van der Waals surface area contributed by atoms with E-state index in [1.807, 2.05) is 31.2 Å². The van der Waals surface area contributed by atoms with Gasteiger partial charge in [-0.05, 0) is 48.2 Å². The molecular weight excluding hydrogens is 318 g/mol. The van der Waals surface area contributed by atoms with E-state index in [4.69, 9.17) is 11.6 Å². The average Bonchev–Trinajstić information content (AvgIpc) is 2.47. The van der Waals surface area contributed by atoms with Crippen LogP contribution in [0.3, 0.4) is 0 Å². The van der Waals surface area contributed by atoms with Gasteiger partial charge in [0.25, 0.3) is 0 Å². The smallest absolute Gasteiger partial charge is 0.207 e. The fourth-order valence-corrected chi connectivity index (χ4v) is 3.55. The molecule has 0 radical (unpaired) electrons. The van der Waals surface area contributed by atoms with Crippen LogP contribution in [0.4, 0.5) is 0 Å². The minimum atomic E-state index is -3.53. The second-order valence-corrected chi connectivity index (χ2v) is 7.43. The number of nitrogens with one attached hydrogen (secondary N) is 1. The fraction of sp³-hybridized carbons (Fsp3) is 0.294. The standard InChI is InChI=1S/C17H20ClNO2S/c1-3-5-14-8-10-15(11-9-14)22(20,21)19-12-16-13(2)6-4-7-17(16)18/h4,6-11,19H,3,5,12H2,1-2H3. The quantitative estimate of drug-likeness (QED) is 0.863. The first kappa shape index (κ1) is 17.0. The van der Waals surface area contributed by atoms with E-state index < -0.39 is 10.0 Å². The lowest BCUT2D eigenvalue weighted by atomic mass is 10.1. The van der Waals surface area contributed by atoms with E-state index in [1.165, 1.54) is 0 Å². The van der Waals surface area contributed by atoms with Crippen molar-refractivity contribution in [3.8, 4) is 0 Å². The average molecular weight is 338 g/mol. The number of rotatable bonds is 6. The number of halogens is 1. The molecule has 0 heterocycles. The lowest BCUT2D eigenvalue weighted by molar-refractivity contribution is 0.581. The van der Waals surface area contributed by atoms with Gasteiger partial charge in [-0.25, -0.2) is 13.1 Å². The maximum atomic E-state index is 12.3. The highest BCUT2D eigenvalue weighted by Gasteiger charge is 2.15. The molecule has 0 aliphatic heterocycles. The van der Waals surface area contributed by atoms with Gasteiger partial charge in [-0.1, -0.05) is 49.2 Å². The third-order valence-corrected chi connectivity index (χ3v) is 5.34. The van der Waals surface area contributed by atoms with Crippen molar-refractivity contribution in [2.24, 2.45) is 0 Å². The Hall–Kier alpha value is -1.36. The van der Waals surface area contributed by atoms with Gasteiger partial charge in [0.2, 0.25) is 10.0 Å². The predicted octanol–water partition coefficient (Wildman–Crippen LogP) is 4.08. The highest BCUT2D eigenvalue weighted by Crippen LogP contribution is 2.20. The first-order valence-electron chi connectivity index (χ1n) is 7.26. The van der Waals surface area contributed by atoms with Crippen molar-refractivity contribution in [2.45, 2.75) is 38.1 Å². The summed E-state index contributed by atoms with van der Waals surface area (Å²) in [5.41, 5.74) is 2.91. The summed E-state index contributed by atoms with van der Waals surface area (Å²) in [6.45, 7) is 4.19. The monoisotopic (exact) mass is 337 g/mol. The summed E-state index contributed by atoms with van der Waals surface area (Å²) in [7, 11) is -3.53. The molecule has 0 unspecified atom stereocenters. The number of hydrogen-bond acceptors (Lipinski definition) is 2. The number of benzene rings is 2. The van der Waals surface area contributed by atoms with Gasteiger partial charge in [0.05, 0.1) is 4.90 Å². The lowest BCUT2D eigenvalue weighted by Crippen LogP contribution is -2.23. The van der Waals surface area contributed by atoms with Gasteiger partial charge < -0.3 is 0 Å². The second-order valence-electron chi connectivity index (χ2n) is 5.25. The number of hydrogen-bond donors (Lipinski definition) is 1. The Balaban J connectivity index is 2.14. The normalized spacial score (nSPS) is 11.6. The van der Waals surface area contributed by atoms with Crippen LogP contribution in [0.25, 0.3) is 0 Å². The van der Waals surface area contributed by atoms with Crippen LogP contribution >= 0.6 is 11.6 Å². The van der Waals surface area contributed by atoms with Gasteiger partial charge in [-0.2, -0.15) is 0 Å². The summed E-state index contributed by atoms with van der Waals surface area (Å²) in [5, 5.41) is 0.570. The van der Waals surface area contributed by atoms with E-state index in [-0.39, 0.29) is 11.4 Å². The van der Waals surface area contributed by atoms with Gasteiger partial charge in [-0.3, -0.25) is 0 Å². The Morgan fingerprint density at radius 3 is 2.36 bits per heavy atom. The molecule has 0 saturated heterocycles. The fourth-order valence-electron chi connectivity index (χ4n) is 2.26. The van der Waals surface area contributed by atoms with Crippen molar-refractivity contribution in [2.75, 3.05) is 0 Å². The summed E-state index contributed by atoms with van der Waals surface area (Å²) in [6, 6.07) is 12.5. The molecule has 0 spiro atoms.